The van der Waals surface area contributed by atoms with Crippen LogP contribution in [0.15, 0.2) is 84.5 Å². The van der Waals surface area contributed by atoms with Crippen molar-refractivity contribution in [3.8, 4) is 0 Å². The van der Waals surface area contributed by atoms with Gasteiger partial charge in [0.15, 0.2) is 0 Å². The molecule has 0 unspecified atom stereocenters. The molecule has 0 radical (unpaired) electrons. The summed E-state index contributed by atoms with van der Waals surface area (Å²) in [5, 5.41) is 2.54. The minimum atomic E-state index is -2.57. The Bertz CT molecular complexity index is 902. The van der Waals surface area contributed by atoms with E-state index in [1.165, 1.54) is 17.5 Å². The number of rotatable bonds is 7. The standard InChI is InChI=1S/C28H36O3Si/c1-22(20-27(29)30-5)26-19-13-12-14-23(26)21-31-32(28(2,3)4,24-15-8-6-9-16-24)25-17-10-7-11-18-25/h6-13,15-18,20,23,26H,14,19,21H2,1-5H3/b22-20+/t23-,26+/m1/s1. The Kier molecular flexibility index (Phi) is 7.91. The molecule has 0 saturated heterocycles. The summed E-state index contributed by atoms with van der Waals surface area (Å²) in [6.07, 6.45) is 7.99. The topological polar surface area (TPSA) is 35.5 Å². The van der Waals surface area contributed by atoms with Crippen molar-refractivity contribution in [3.05, 3.63) is 84.5 Å². The van der Waals surface area contributed by atoms with Gasteiger partial charge in [0, 0.05) is 12.7 Å². The third-order valence-corrected chi connectivity index (χ3v) is 11.6. The van der Waals surface area contributed by atoms with Crippen LogP contribution in [0.3, 0.4) is 0 Å². The van der Waals surface area contributed by atoms with Gasteiger partial charge in [0.05, 0.1) is 7.11 Å². The van der Waals surface area contributed by atoms with E-state index >= 15 is 0 Å². The molecule has 0 bridgehead atoms. The molecule has 3 nitrogen and oxygen atoms in total. The van der Waals surface area contributed by atoms with E-state index in [0.29, 0.717) is 12.5 Å². The van der Waals surface area contributed by atoms with Crippen LogP contribution in [0, 0.1) is 11.8 Å². The first-order valence-electron chi connectivity index (χ1n) is 11.5. The lowest BCUT2D eigenvalue weighted by Crippen LogP contribution is -2.67. The minimum absolute atomic E-state index is 0.0490. The monoisotopic (exact) mass is 448 g/mol. The number of benzene rings is 2. The lowest BCUT2D eigenvalue weighted by Gasteiger charge is -2.44. The van der Waals surface area contributed by atoms with Gasteiger partial charge in [0.2, 0.25) is 0 Å². The number of ether oxygens (including phenoxy) is 1. The lowest BCUT2D eigenvalue weighted by molar-refractivity contribution is -0.134. The van der Waals surface area contributed by atoms with Crippen LogP contribution in [0.2, 0.25) is 5.04 Å². The number of hydrogen-bond acceptors (Lipinski definition) is 3. The number of carbonyl (C=O) groups excluding carboxylic acids is 1. The van der Waals surface area contributed by atoms with Gasteiger partial charge in [-0.25, -0.2) is 4.79 Å². The summed E-state index contributed by atoms with van der Waals surface area (Å²) in [4.78, 5) is 11.8. The molecule has 2 atom stereocenters. The molecule has 170 valence electrons. The van der Waals surface area contributed by atoms with Crippen molar-refractivity contribution in [2.75, 3.05) is 13.7 Å². The van der Waals surface area contributed by atoms with Crippen LogP contribution in [0.4, 0.5) is 0 Å². The van der Waals surface area contributed by atoms with Crippen molar-refractivity contribution in [2.45, 2.75) is 45.6 Å². The van der Waals surface area contributed by atoms with E-state index in [1.54, 1.807) is 6.08 Å². The summed E-state index contributed by atoms with van der Waals surface area (Å²) < 4.78 is 12.0. The molecule has 1 aliphatic carbocycles. The summed E-state index contributed by atoms with van der Waals surface area (Å²) in [6.45, 7) is 9.62. The van der Waals surface area contributed by atoms with Crippen LogP contribution < -0.4 is 10.4 Å². The van der Waals surface area contributed by atoms with Crippen molar-refractivity contribution in [1.29, 1.82) is 0 Å². The van der Waals surface area contributed by atoms with Gasteiger partial charge in [-0.05, 0) is 47.0 Å². The second kappa shape index (κ2) is 10.5. The van der Waals surface area contributed by atoms with E-state index in [1.807, 2.05) is 6.92 Å². The predicted octanol–water partition coefficient (Wildman–Crippen LogP) is 5.26. The molecule has 0 N–H and O–H groups in total. The molecule has 2 aromatic rings. The fourth-order valence-corrected chi connectivity index (χ4v) is 9.58. The smallest absolute Gasteiger partial charge is 0.330 e. The number of hydrogen-bond donors (Lipinski definition) is 0. The fraction of sp³-hybridized carbons (Fsp3) is 0.393. The Morgan fingerprint density at radius 2 is 1.50 bits per heavy atom. The normalized spacial score (nSPS) is 19.6. The van der Waals surface area contributed by atoms with E-state index in [9.17, 15) is 4.79 Å². The highest BCUT2D eigenvalue weighted by Crippen LogP contribution is 2.39. The van der Waals surface area contributed by atoms with Gasteiger partial charge >= 0.3 is 5.97 Å². The molecule has 0 aromatic heterocycles. The summed E-state index contributed by atoms with van der Waals surface area (Å²) in [5.74, 6) is 0.309. The molecule has 4 heteroatoms. The summed E-state index contributed by atoms with van der Waals surface area (Å²) in [5.41, 5.74) is 1.07. The third-order valence-electron chi connectivity index (χ3n) is 6.63. The van der Waals surface area contributed by atoms with Gasteiger partial charge in [0.25, 0.3) is 8.32 Å². The van der Waals surface area contributed by atoms with Crippen LogP contribution in [0.1, 0.15) is 40.5 Å². The second-order valence-corrected chi connectivity index (χ2v) is 14.0. The van der Waals surface area contributed by atoms with E-state index in [-0.39, 0.29) is 16.9 Å². The van der Waals surface area contributed by atoms with E-state index < -0.39 is 8.32 Å². The van der Waals surface area contributed by atoms with Crippen LogP contribution in [-0.2, 0) is 14.0 Å². The van der Waals surface area contributed by atoms with Crippen LogP contribution in [0.5, 0.6) is 0 Å². The van der Waals surface area contributed by atoms with Gasteiger partial charge in [0.1, 0.15) is 0 Å². The molecule has 0 saturated carbocycles. The second-order valence-electron chi connectivity index (χ2n) is 9.70. The first-order valence-corrected chi connectivity index (χ1v) is 13.4. The van der Waals surface area contributed by atoms with Gasteiger partial charge in [-0.3, -0.25) is 0 Å². The number of allylic oxidation sites excluding steroid dienone is 3. The zero-order valence-corrected chi connectivity index (χ0v) is 21.0. The van der Waals surface area contributed by atoms with Gasteiger partial charge in [-0.1, -0.05) is 99.2 Å². The van der Waals surface area contributed by atoms with Crippen LogP contribution >= 0.6 is 0 Å². The highest BCUT2D eigenvalue weighted by atomic mass is 28.4. The quantitative estimate of drug-likeness (QED) is 0.251. The maximum absolute atomic E-state index is 11.8. The Labute approximate surface area is 194 Å². The molecule has 0 spiro atoms. The van der Waals surface area contributed by atoms with Gasteiger partial charge in [-0.2, -0.15) is 0 Å². The molecule has 0 fully saturated rings. The van der Waals surface area contributed by atoms with Gasteiger partial charge < -0.3 is 9.16 Å². The maximum Gasteiger partial charge on any atom is 0.330 e. The Morgan fingerprint density at radius 1 is 0.969 bits per heavy atom. The minimum Gasteiger partial charge on any atom is -0.466 e. The summed E-state index contributed by atoms with van der Waals surface area (Å²) in [6, 6.07) is 21.5. The van der Waals surface area contributed by atoms with Crippen LogP contribution in [-0.4, -0.2) is 28.0 Å². The van der Waals surface area contributed by atoms with Crippen molar-refractivity contribution >= 4 is 24.7 Å². The number of esters is 1. The maximum atomic E-state index is 11.8. The predicted molar refractivity (Wildman–Crippen MR) is 135 cm³/mol. The molecule has 0 amide bonds. The molecular formula is C28H36O3Si. The highest BCUT2D eigenvalue weighted by Gasteiger charge is 2.50. The molecule has 3 rings (SSSR count). The first-order chi connectivity index (χ1) is 15.3. The van der Waals surface area contributed by atoms with Crippen molar-refractivity contribution in [1.82, 2.24) is 0 Å². The zero-order chi connectivity index (χ0) is 23.2. The molecule has 1 aliphatic rings. The Hall–Kier alpha value is -2.43. The average Bonchev–Trinajstić information content (AvgIpc) is 2.80. The lowest BCUT2D eigenvalue weighted by atomic mass is 9.79. The summed E-state index contributed by atoms with van der Waals surface area (Å²) >= 11 is 0. The van der Waals surface area contributed by atoms with Crippen molar-refractivity contribution < 1.29 is 14.0 Å². The fourth-order valence-electron chi connectivity index (χ4n) is 4.96. The highest BCUT2D eigenvalue weighted by molar-refractivity contribution is 6.99. The largest absolute Gasteiger partial charge is 0.466 e. The number of carbonyl (C=O) groups is 1. The zero-order valence-electron chi connectivity index (χ0n) is 20.0. The molecule has 32 heavy (non-hydrogen) atoms. The molecule has 0 aliphatic heterocycles. The number of methoxy groups -OCH3 is 1. The van der Waals surface area contributed by atoms with Crippen molar-refractivity contribution in [3.63, 3.8) is 0 Å². The molecular weight excluding hydrogens is 412 g/mol. The third kappa shape index (κ3) is 5.13. The van der Waals surface area contributed by atoms with E-state index in [2.05, 4.69) is 93.6 Å². The first kappa shape index (κ1) is 24.2. The van der Waals surface area contributed by atoms with E-state index in [4.69, 9.17) is 9.16 Å². The van der Waals surface area contributed by atoms with Crippen LogP contribution in [0.25, 0.3) is 0 Å². The molecule has 0 heterocycles. The average molecular weight is 449 g/mol. The Morgan fingerprint density at radius 3 is 2.00 bits per heavy atom. The molecule has 2 aromatic carbocycles. The van der Waals surface area contributed by atoms with Crippen molar-refractivity contribution in [2.24, 2.45) is 11.8 Å². The SMILES string of the molecule is COC(=O)/C=C(\C)[C@@H]1CC=CC[C@@H]1CO[Si](c1ccccc1)(c1ccccc1)C(C)(C)C. The van der Waals surface area contributed by atoms with Gasteiger partial charge in [-0.15, -0.1) is 0 Å². The van der Waals surface area contributed by atoms with E-state index in [0.717, 1.165) is 18.4 Å². The summed E-state index contributed by atoms with van der Waals surface area (Å²) in [7, 11) is -1.14. The Balaban J connectivity index is 1.99.